The van der Waals surface area contributed by atoms with Gasteiger partial charge in [0, 0.05) is 5.25 Å². The normalized spacial score (nSPS) is 16.3. The summed E-state index contributed by atoms with van der Waals surface area (Å²) in [6.07, 6.45) is 0.232. The lowest BCUT2D eigenvalue weighted by molar-refractivity contribution is -0.140. The number of para-hydroxylation sites is 2. The number of hydrogen-bond donors (Lipinski definition) is 1. The van der Waals surface area contributed by atoms with Crippen LogP contribution in [0.1, 0.15) is 17.2 Å². The van der Waals surface area contributed by atoms with E-state index in [0.717, 1.165) is 11.3 Å². The van der Waals surface area contributed by atoms with Crippen LogP contribution in [0, 0.1) is 5.82 Å². The van der Waals surface area contributed by atoms with Crippen LogP contribution in [0.3, 0.4) is 0 Å². The highest BCUT2D eigenvalue weighted by atomic mass is 32.2. The molecule has 3 rings (SSSR count). The molecule has 1 N–H and O–H groups in total. The summed E-state index contributed by atoms with van der Waals surface area (Å²) in [6.45, 7) is 0. The van der Waals surface area contributed by atoms with E-state index in [2.05, 4.69) is 10.3 Å². The summed E-state index contributed by atoms with van der Waals surface area (Å²) in [5.41, 5.74) is 2.11. The average Bonchev–Trinajstić information content (AvgIpc) is 2.57. The lowest BCUT2D eigenvalue weighted by Crippen LogP contribution is -2.17. The number of aliphatic imine (C=N–C) groups is 1. The molecule has 1 aliphatic heterocycles. The summed E-state index contributed by atoms with van der Waals surface area (Å²) in [6, 6.07) is 14.0. The first-order valence-electron chi connectivity index (χ1n) is 7.10. The van der Waals surface area contributed by atoms with E-state index in [1.165, 1.54) is 24.9 Å². The van der Waals surface area contributed by atoms with E-state index in [0.29, 0.717) is 10.9 Å². The summed E-state index contributed by atoms with van der Waals surface area (Å²) in [5, 5.41) is 3.44. The van der Waals surface area contributed by atoms with Crippen molar-refractivity contribution in [1.29, 1.82) is 0 Å². The molecule has 1 atom stereocenters. The van der Waals surface area contributed by atoms with Crippen LogP contribution < -0.4 is 5.32 Å². The van der Waals surface area contributed by atoms with E-state index in [1.807, 2.05) is 24.3 Å². The molecular weight excluding hydrogens is 315 g/mol. The number of hydrogen-bond acceptors (Lipinski definition) is 5. The SMILES string of the molecule is COC(=O)CC1SC(Nc2ccccc2F)=Nc2ccccc21. The van der Waals surface area contributed by atoms with Gasteiger partial charge in [0.15, 0.2) is 5.17 Å². The number of halogens is 1. The molecule has 1 aliphatic rings. The van der Waals surface area contributed by atoms with Crippen molar-refractivity contribution < 1.29 is 13.9 Å². The van der Waals surface area contributed by atoms with Gasteiger partial charge in [0.05, 0.1) is 24.9 Å². The topological polar surface area (TPSA) is 50.7 Å². The maximum atomic E-state index is 13.8. The van der Waals surface area contributed by atoms with Gasteiger partial charge in [0.1, 0.15) is 5.82 Å². The van der Waals surface area contributed by atoms with Crippen molar-refractivity contribution in [1.82, 2.24) is 0 Å². The minimum Gasteiger partial charge on any atom is -0.469 e. The molecule has 2 aromatic rings. The highest BCUT2D eigenvalue weighted by Crippen LogP contribution is 2.43. The second-order valence-corrected chi connectivity index (χ2v) is 6.16. The number of esters is 1. The van der Waals surface area contributed by atoms with Crippen molar-refractivity contribution >= 4 is 34.3 Å². The predicted octanol–water partition coefficient (Wildman–Crippen LogP) is 4.28. The second-order valence-electron chi connectivity index (χ2n) is 4.97. The standard InChI is InChI=1S/C17H15FN2O2S/c1-22-16(21)10-15-11-6-2-4-8-13(11)19-17(23-15)20-14-9-5-3-7-12(14)18/h2-9,15H,10H2,1H3,(H,19,20). The first-order chi connectivity index (χ1) is 11.2. The van der Waals surface area contributed by atoms with Crippen molar-refractivity contribution in [3.05, 3.63) is 59.9 Å². The highest BCUT2D eigenvalue weighted by molar-refractivity contribution is 8.14. The number of rotatable bonds is 3. The average molecular weight is 330 g/mol. The van der Waals surface area contributed by atoms with Crippen LogP contribution in [0.5, 0.6) is 0 Å². The molecule has 0 amide bonds. The molecule has 0 saturated heterocycles. The fourth-order valence-corrected chi connectivity index (χ4v) is 3.45. The molecule has 0 aliphatic carbocycles. The molecule has 0 spiro atoms. The van der Waals surface area contributed by atoms with Crippen LogP contribution in [0.4, 0.5) is 15.8 Å². The van der Waals surface area contributed by atoms with E-state index >= 15 is 0 Å². The first kappa shape index (κ1) is 15.6. The van der Waals surface area contributed by atoms with Gasteiger partial charge < -0.3 is 10.1 Å². The highest BCUT2D eigenvalue weighted by Gasteiger charge is 2.26. The first-order valence-corrected chi connectivity index (χ1v) is 7.98. The molecule has 2 aromatic carbocycles. The maximum Gasteiger partial charge on any atom is 0.306 e. The number of nitrogens with zero attached hydrogens (tertiary/aromatic N) is 1. The Morgan fingerprint density at radius 2 is 2.00 bits per heavy atom. The fourth-order valence-electron chi connectivity index (χ4n) is 2.32. The van der Waals surface area contributed by atoms with Gasteiger partial charge in [-0.15, -0.1) is 0 Å². The number of thioether (sulfide) groups is 1. The van der Waals surface area contributed by atoms with E-state index in [9.17, 15) is 9.18 Å². The molecule has 6 heteroatoms. The molecule has 0 aromatic heterocycles. The number of benzene rings is 2. The maximum absolute atomic E-state index is 13.8. The van der Waals surface area contributed by atoms with Crippen molar-refractivity contribution in [2.45, 2.75) is 11.7 Å². The van der Waals surface area contributed by atoms with Gasteiger partial charge in [-0.3, -0.25) is 4.79 Å². The summed E-state index contributed by atoms with van der Waals surface area (Å²) in [7, 11) is 1.37. The molecule has 4 nitrogen and oxygen atoms in total. The quantitative estimate of drug-likeness (QED) is 0.854. The lowest BCUT2D eigenvalue weighted by atomic mass is 10.1. The number of fused-ring (bicyclic) bond motifs is 1. The van der Waals surface area contributed by atoms with Crippen LogP contribution in [-0.4, -0.2) is 18.2 Å². The zero-order chi connectivity index (χ0) is 16.2. The van der Waals surface area contributed by atoms with Crippen LogP contribution in [0.15, 0.2) is 53.5 Å². The molecule has 0 radical (unpaired) electrons. The Kier molecular flexibility index (Phi) is 4.62. The third kappa shape index (κ3) is 3.53. The Labute approximate surface area is 137 Å². The fraction of sp³-hybridized carbons (Fsp3) is 0.176. The smallest absolute Gasteiger partial charge is 0.306 e. The summed E-state index contributed by atoms with van der Waals surface area (Å²) >= 11 is 1.39. The number of carbonyl (C=O) groups excluding carboxylic acids is 1. The Morgan fingerprint density at radius 1 is 1.26 bits per heavy atom. The summed E-state index contributed by atoms with van der Waals surface area (Å²) in [4.78, 5) is 16.2. The van der Waals surface area contributed by atoms with Crippen LogP contribution in [0.2, 0.25) is 0 Å². The number of anilines is 1. The number of carbonyl (C=O) groups is 1. The Balaban J connectivity index is 1.89. The van der Waals surface area contributed by atoms with Gasteiger partial charge in [-0.1, -0.05) is 42.1 Å². The van der Waals surface area contributed by atoms with Gasteiger partial charge in [0.25, 0.3) is 0 Å². The van der Waals surface area contributed by atoms with Crippen molar-refractivity contribution in [3.63, 3.8) is 0 Å². The molecule has 1 unspecified atom stereocenters. The van der Waals surface area contributed by atoms with Gasteiger partial charge in [-0.2, -0.15) is 0 Å². The Bertz CT molecular complexity index is 764. The van der Waals surface area contributed by atoms with Crippen molar-refractivity contribution in [2.24, 2.45) is 4.99 Å². The summed E-state index contributed by atoms with van der Waals surface area (Å²) in [5.74, 6) is -0.636. The monoisotopic (exact) mass is 330 g/mol. The van der Waals surface area contributed by atoms with E-state index in [4.69, 9.17) is 4.74 Å². The molecule has 0 saturated carbocycles. The largest absolute Gasteiger partial charge is 0.469 e. The minimum absolute atomic E-state index is 0.120. The van der Waals surface area contributed by atoms with E-state index in [1.54, 1.807) is 18.2 Å². The lowest BCUT2D eigenvalue weighted by Gasteiger charge is -2.24. The second kappa shape index (κ2) is 6.83. The van der Waals surface area contributed by atoms with Crippen molar-refractivity contribution in [2.75, 3.05) is 12.4 Å². The van der Waals surface area contributed by atoms with Gasteiger partial charge >= 0.3 is 5.97 Å². The Morgan fingerprint density at radius 3 is 2.78 bits per heavy atom. The molecule has 118 valence electrons. The zero-order valence-corrected chi connectivity index (χ0v) is 13.3. The molecule has 1 heterocycles. The molecule has 0 fully saturated rings. The number of amidine groups is 1. The Hall–Kier alpha value is -2.34. The van der Waals surface area contributed by atoms with Gasteiger partial charge in [-0.25, -0.2) is 9.38 Å². The van der Waals surface area contributed by atoms with Crippen LogP contribution in [-0.2, 0) is 9.53 Å². The van der Waals surface area contributed by atoms with E-state index in [-0.39, 0.29) is 23.5 Å². The zero-order valence-electron chi connectivity index (χ0n) is 12.5. The number of nitrogens with one attached hydrogen (secondary N) is 1. The number of ether oxygens (including phenoxy) is 1. The molecule has 0 bridgehead atoms. The van der Waals surface area contributed by atoms with Gasteiger partial charge in [0.2, 0.25) is 0 Å². The van der Waals surface area contributed by atoms with E-state index < -0.39 is 0 Å². The minimum atomic E-state index is -0.348. The third-order valence-corrected chi connectivity index (χ3v) is 4.58. The molecule has 23 heavy (non-hydrogen) atoms. The van der Waals surface area contributed by atoms with Crippen LogP contribution >= 0.6 is 11.8 Å². The predicted molar refractivity (Wildman–Crippen MR) is 90.5 cm³/mol. The number of methoxy groups -OCH3 is 1. The van der Waals surface area contributed by atoms with Crippen LogP contribution in [0.25, 0.3) is 0 Å². The third-order valence-electron chi connectivity index (χ3n) is 3.45. The van der Waals surface area contributed by atoms with Gasteiger partial charge in [-0.05, 0) is 23.8 Å². The van der Waals surface area contributed by atoms with Crippen molar-refractivity contribution in [3.8, 4) is 0 Å². The summed E-state index contributed by atoms with van der Waals surface area (Å²) < 4.78 is 18.6. The molecular formula is C17H15FN2O2S.